The molecule has 0 radical (unpaired) electrons. The SMILES string of the molecule is C[C@@H](c1ccc(NS(C)(=O)=O)cc1)N1CCOCC1. The largest absolute Gasteiger partial charge is 0.379 e. The summed E-state index contributed by atoms with van der Waals surface area (Å²) in [6.07, 6.45) is 1.15. The van der Waals surface area contributed by atoms with Crippen molar-refractivity contribution < 1.29 is 13.2 Å². The molecule has 0 spiro atoms. The zero-order chi connectivity index (χ0) is 13.9. The standard InChI is InChI=1S/C13H20N2O3S/c1-11(15-7-9-18-10-8-15)12-3-5-13(6-4-12)14-19(2,16)17/h3-6,11,14H,7-10H2,1-2H3/t11-/m0/s1. The summed E-state index contributed by atoms with van der Waals surface area (Å²) in [6.45, 7) is 5.58. The second-order valence-corrected chi connectivity index (χ2v) is 6.57. The molecule has 0 bridgehead atoms. The van der Waals surface area contributed by atoms with Gasteiger partial charge in [-0.3, -0.25) is 9.62 Å². The van der Waals surface area contributed by atoms with Gasteiger partial charge >= 0.3 is 0 Å². The molecule has 1 fully saturated rings. The van der Waals surface area contributed by atoms with Crippen LogP contribution in [0.4, 0.5) is 5.69 Å². The van der Waals surface area contributed by atoms with Gasteiger partial charge in [-0.2, -0.15) is 0 Å². The molecular weight excluding hydrogens is 264 g/mol. The first-order chi connectivity index (χ1) is 8.96. The van der Waals surface area contributed by atoms with E-state index in [4.69, 9.17) is 4.74 Å². The number of rotatable bonds is 4. The van der Waals surface area contributed by atoms with Crippen LogP contribution in [0, 0.1) is 0 Å². The maximum atomic E-state index is 11.1. The molecule has 1 atom stereocenters. The lowest BCUT2D eigenvalue weighted by molar-refractivity contribution is 0.0198. The Labute approximate surface area is 114 Å². The summed E-state index contributed by atoms with van der Waals surface area (Å²) in [5.41, 5.74) is 1.78. The molecule has 1 N–H and O–H groups in total. The van der Waals surface area contributed by atoms with Crippen molar-refractivity contribution in [1.29, 1.82) is 0 Å². The fraction of sp³-hybridized carbons (Fsp3) is 0.538. The van der Waals surface area contributed by atoms with Crippen LogP contribution in [0.5, 0.6) is 0 Å². The Morgan fingerprint density at radius 3 is 2.32 bits per heavy atom. The van der Waals surface area contributed by atoms with E-state index in [1.807, 2.05) is 12.1 Å². The highest BCUT2D eigenvalue weighted by molar-refractivity contribution is 7.92. The molecule has 5 nitrogen and oxygen atoms in total. The Hall–Kier alpha value is -1.11. The highest BCUT2D eigenvalue weighted by atomic mass is 32.2. The van der Waals surface area contributed by atoms with Gasteiger partial charge in [-0.05, 0) is 24.6 Å². The maximum Gasteiger partial charge on any atom is 0.229 e. The maximum absolute atomic E-state index is 11.1. The van der Waals surface area contributed by atoms with Gasteiger partial charge in [0.05, 0.1) is 19.5 Å². The molecule has 2 rings (SSSR count). The van der Waals surface area contributed by atoms with Crippen LogP contribution in [0.2, 0.25) is 0 Å². The number of hydrogen-bond donors (Lipinski definition) is 1. The number of morpholine rings is 1. The number of sulfonamides is 1. The van der Waals surface area contributed by atoms with Crippen molar-refractivity contribution in [1.82, 2.24) is 4.90 Å². The molecular formula is C13H20N2O3S. The van der Waals surface area contributed by atoms with Crippen molar-refractivity contribution >= 4 is 15.7 Å². The van der Waals surface area contributed by atoms with E-state index in [0.29, 0.717) is 11.7 Å². The highest BCUT2D eigenvalue weighted by Gasteiger charge is 2.18. The molecule has 0 aromatic heterocycles. The van der Waals surface area contributed by atoms with Gasteiger partial charge in [-0.15, -0.1) is 0 Å². The predicted molar refractivity (Wildman–Crippen MR) is 75.7 cm³/mol. The van der Waals surface area contributed by atoms with E-state index < -0.39 is 10.0 Å². The normalized spacial score (nSPS) is 19.1. The molecule has 106 valence electrons. The smallest absolute Gasteiger partial charge is 0.229 e. The van der Waals surface area contributed by atoms with Crippen molar-refractivity contribution in [3.8, 4) is 0 Å². The quantitative estimate of drug-likeness (QED) is 0.909. The monoisotopic (exact) mass is 284 g/mol. The van der Waals surface area contributed by atoms with E-state index in [1.54, 1.807) is 12.1 Å². The van der Waals surface area contributed by atoms with Gasteiger partial charge in [-0.1, -0.05) is 12.1 Å². The Morgan fingerprint density at radius 1 is 1.21 bits per heavy atom. The van der Waals surface area contributed by atoms with Gasteiger partial charge in [0, 0.05) is 24.8 Å². The number of hydrogen-bond acceptors (Lipinski definition) is 4. The van der Waals surface area contributed by atoms with Crippen LogP contribution in [0.15, 0.2) is 24.3 Å². The summed E-state index contributed by atoms with van der Waals surface area (Å²) in [6, 6.07) is 7.85. The van der Waals surface area contributed by atoms with E-state index in [9.17, 15) is 8.42 Å². The van der Waals surface area contributed by atoms with Gasteiger partial charge in [0.25, 0.3) is 0 Å². The molecule has 1 saturated heterocycles. The van der Waals surface area contributed by atoms with E-state index in [-0.39, 0.29) is 0 Å². The number of ether oxygens (including phenoxy) is 1. The third-order valence-electron chi connectivity index (χ3n) is 3.29. The van der Waals surface area contributed by atoms with Gasteiger partial charge in [-0.25, -0.2) is 8.42 Å². The number of nitrogens with zero attached hydrogens (tertiary/aromatic N) is 1. The lowest BCUT2D eigenvalue weighted by Crippen LogP contribution is -2.37. The third kappa shape index (κ3) is 4.19. The second kappa shape index (κ2) is 5.90. The van der Waals surface area contributed by atoms with E-state index in [2.05, 4.69) is 16.5 Å². The second-order valence-electron chi connectivity index (χ2n) is 4.82. The van der Waals surface area contributed by atoms with Crippen LogP contribution < -0.4 is 4.72 Å². The summed E-state index contributed by atoms with van der Waals surface area (Å²) >= 11 is 0. The van der Waals surface area contributed by atoms with Crippen molar-refractivity contribution in [2.75, 3.05) is 37.3 Å². The van der Waals surface area contributed by atoms with Crippen molar-refractivity contribution in [2.45, 2.75) is 13.0 Å². The minimum absolute atomic E-state index is 0.316. The summed E-state index contributed by atoms with van der Waals surface area (Å²) in [7, 11) is -3.21. The van der Waals surface area contributed by atoms with E-state index >= 15 is 0 Å². The Bertz CT molecular complexity index is 507. The average molecular weight is 284 g/mol. The highest BCUT2D eigenvalue weighted by Crippen LogP contribution is 2.22. The number of anilines is 1. The molecule has 1 aliphatic rings. The Balaban J connectivity index is 2.04. The topological polar surface area (TPSA) is 58.6 Å². The number of nitrogens with one attached hydrogen (secondary N) is 1. The number of benzene rings is 1. The van der Waals surface area contributed by atoms with Crippen LogP contribution in [0.25, 0.3) is 0 Å². The fourth-order valence-electron chi connectivity index (χ4n) is 2.22. The third-order valence-corrected chi connectivity index (χ3v) is 3.90. The van der Waals surface area contributed by atoms with Gasteiger partial charge in [0.1, 0.15) is 0 Å². The predicted octanol–water partition coefficient (Wildman–Crippen LogP) is 1.45. The molecule has 6 heteroatoms. The Kier molecular flexibility index (Phi) is 4.44. The van der Waals surface area contributed by atoms with E-state index in [0.717, 1.165) is 32.6 Å². The summed E-state index contributed by atoms with van der Waals surface area (Å²) in [4.78, 5) is 2.36. The summed E-state index contributed by atoms with van der Waals surface area (Å²) < 4.78 is 30.1. The summed E-state index contributed by atoms with van der Waals surface area (Å²) in [5, 5.41) is 0. The minimum Gasteiger partial charge on any atom is -0.379 e. The molecule has 1 heterocycles. The molecule has 1 aromatic rings. The Morgan fingerprint density at radius 2 is 1.79 bits per heavy atom. The summed E-state index contributed by atoms with van der Waals surface area (Å²) in [5.74, 6) is 0. The zero-order valence-corrected chi connectivity index (χ0v) is 12.1. The minimum atomic E-state index is -3.21. The first kappa shape index (κ1) is 14.3. The molecule has 19 heavy (non-hydrogen) atoms. The lowest BCUT2D eigenvalue weighted by Gasteiger charge is -2.32. The van der Waals surface area contributed by atoms with Crippen LogP contribution in [-0.2, 0) is 14.8 Å². The van der Waals surface area contributed by atoms with Crippen molar-refractivity contribution in [2.24, 2.45) is 0 Å². The van der Waals surface area contributed by atoms with Crippen LogP contribution in [0.1, 0.15) is 18.5 Å². The van der Waals surface area contributed by atoms with Gasteiger partial charge in [0.2, 0.25) is 10.0 Å². The molecule has 1 aliphatic heterocycles. The molecule has 0 saturated carbocycles. The molecule has 1 aromatic carbocycles. The first-order valence-electron chi connectivity index (χ1n) is 6.35. The molecule has 0 unspecified atom stereocenters. The molecule has 0 amide bonds. The van der Waals surface area contributed by atoms with Gasteiger partial charge in [0.15, 0.2) is 0 Å². The van der Waals surface area contributed by atoms with Crippen molar-refractivity contribution in [3.05, 3.63) is 29.8 Å². The van der Waals surface area contributed by atoms with Crippen LogP contribution in [0.3, 0.4) is 0 Å². The van der Waals surface area contributed by atoms with Crippen molar-refractivity contribution in [3.63, 3.8) is 0 Å². The van der Waals surface area contributed by atoms with Gasteiger partial charge < -0.3 is 4.74 Å². The van der Waals surface area contributed by atoms with Crippen LogP contribution in [-0.4, -0.2) is 45.9 Å². The average Bonchev–Trinajstić information content (AvgIpc) is 2.38. The van der Waals surface area contributed by atoms with E-state index in [1.165, 1.54) is 5.56 Å². The zero-order valence-electron chi connectivity index (χ0n) is 11.3. The first-order valence-corrected chi connectivity index (χ1v) is 8.24. The van der Waals surface area contributed by atoms with Crippen LogP contribution >= 0.6 is 0 Å². The molecule has 0 aliphatic carbocycles. The lowest BCUT2D eigenvalue weighted by atomic mass is 10.1. The fourth-order valence-corrected chi connectivity index (χ4v) is 2.78.